The maximum Gasteiger partial charge on any atom is 0.270 e. The monoisotopic (exact) mass is 324 g/mol. The fourth-order valence-corrected chi connectivity index (χ4v) is 2.06. The highest BCUT2D eigenvalue weighted by Gasteiger charge is 2.15. The first-order valence-corrected chi connectivity index (χ1v) is 7.22. The molecule has 1 N–H and O–H groups in total. The number of hydrogen-bond acceptors (Lipinski definition) is 4. The number of carbonyl (C=O) groups is 2. The summed E-state index contributed by atoms with van der Waals surface area (Å²) >= 11 is 0. The molecule has 0 fully saturated rings. The Hall–Kier alpha value is -3.28. The number of ketones is 1. The molecule has 0 heterocycles. The second-order valence-corrected chi connectivity index (χ2v) is 5.29. The number of nitrogens with one attached hydrogen (secondary N) is 1. The van der Waals surface area contributed by atoms with Gasteiger partial charge in [0, 0.05) is 17.8 Å². The minimum atomic E-state index is -0.558. The summed E-state index contributed by atoms with van der Waals surface area (Å²) in [5, 5.41) is 13.5. The fraction of sp³-hybridized carbons (Fsp3) is 0.111. The number of benzene rings is 2. The SMILES string of the molecule is CC(=O)C(=Cc1cccc([N+](=O)[O-])c1)C(=O)Nc1ccc(C)cc1. The largest absolute Gasteiger partial charge is 0.322 e. The third kappa shape index (κ3) is 4.36. The number of nitrogens with zero attached hydrogens (tertiary/aromatic N) is 1. The van der Waals surface area contributed by atoms with Crippen molar-refractivity contribution in [2.24, 2.45) is 0 Å². The number of nitro groups is 1. The summed E-state index contributed by atoms with van der Waals surface area (Å²) in [4.78, 5) is 34.4. The lowest BCUT2D eigenvalue weighted by molar-refractivity contribution is -0.384. The van der Waals surface area contributed by atoms with Gasteiger partial charge >= 0.3 is 0 Å². The Morgan fingerprint density at radius 3 is 2.38 bits per heavy atom. The van der Waals surface area contributed by atoms with Crippen molar-refractivity contribution in [2.75, 3.05) is 5.32 Å². The van der Waals surface area contributed by atoms with Crippen molar-refractivity contribution in [1.29, 1.82) is 0 Å². The molecule has 0 aliphatic rings. The predicted molar refractivity (Wildman–Crippen MR) is 91.6 cm³/mol. The van der Waals surface area contributed by atoms with Crippen LogP contribution < -0.4 is 5.32 Å². The molecule has 0 atom stereocenters. The summed E-state index contributed by atoms with van der Waals surface area (Å²) < 4.78 is 0. The summed E-state index contributed by atoms with van der Waals surface area (Å²) in [6.45, 7) is 3.20. The van der Waals surface area contributed by atoms with Crippen molar-refractivity contribution in [3.05, 3.63) is 75.3 Å². The van der Waals surface area contributed by atoms with Crippen molar-refractivity contribution in [2.45, 2.75) is 13.8 Å². The van der Waals surface area contributed by atoms with Gasteiger partial charge in [0.2, 0.25) is 0 Å². The molecule has 0 saturated heterocycles. The highest BCUT2D eigenvalue weighted by atomic mass is 16.6. The Balaban J connectivity index is 2.29. The summed E-state index contributed by atoms with van der Waals surface area (Å²) in [5.74, 6) is -0.982. The number of aryl methyl sites for hydroxylation is 1. The third-order valence-electron chi connectivity index (χ3n) is 3.33. The molecule has 24 heavy (non-hydrogen) atoms. The first-order valence-electron chi connectivity index (χ1n) is 7.22. The number of carbonyl (C=O) groups excluding carboxylic acids is 2. The summed E-state index contributed by atoms with van der Waals surface area (Å²) in [6, 6.07) is 12.9. The molecule has 1 amide bonds. The smallest absolute Gasteiger partial charge is 0.270 e. The van der Waals surface area contributed by atoms with Crippen LogP contribution in [0.15, 0.2) is 54.1 Å². The van der Waals surface area contributed by atoms with E-state index < -0.39 is 16.6 Å². The average Bonchev–Trinajstić information content (AvgIpc) is 2.54. The lowest BCUT2D eigenvalue weighted by Crippen LogP contribution is -2.18. The Kier molecular flexibility index (Phi) is 5.21. The number of amides is 1. The maximum absolute atomic E-state index is 12.3. The molecule has 6 heteroatoms. The number of Topliss-reactive ketones (excluding diaryl/α,β-unsaturated/α-hetero) is 1. The van der Waals surface area contributed by atoms with Gasteiger partial charge in [-0.1, -0.05) is 29.8 Å². The van der Waals surface area contributed by atoms with Crippen LogP contribution in [0.3, 0.4) is 0 Å². The molecule has 2 aromatic rings. The second kappa shape index (κ2) is 7.32. The zero-order valence-electron chi connectivity index (χ0n) is 13.3. The van der Waals surface area contributed by atoms with E-state index in [9.17, 15) is 19.7 Å². The van der Waals surface area contributed by atoms with E-state index in [0.717, 1.165) is 5.56 Å². The topological polar surface area (TPSA) is 89.3 Å². The van der Waals surface area contributed by atoms with E-state index in [1.54, 1.807) is 18.2 Å². The molecule has 0 saturated carbocycles. The van der Waals surface area contributed by atoms with Crippen LogP contribution in [-0.2, 0) is 9.59 Å². The quantitative estimate of drug-likeness (QED) is 0.300. The molecule has 0 spiro atoms. The van der Waals surface area contributed by atoms with Crippen LogP contribution in [-0.4, -0.2) is 16.6 Å². The number of nitro benzene ring substituents is 1. The van der Waals surface area contributed by atoms with Crippen LogP contribution in [0, 0.1) is 17.0 Å². The third-order valence-corrected chi connectivity index (χ3v) is 3.33. The fourth-order valence-electron chi connectivity index (χ4n) is 2.06. The van der Waals surface area contributed by atoms with Crippen LogP contribution in [0.2, 0.25) is 0 Å². The number of non-ortho nitro benzene ring substituents is 1. The van der Waals surface area contributed by atoms with Gasteiger partial charge in [0.05, 0.1) is 10.5 Å². The summed E-state index contributed by atoms with van der Waals surface area (Å²) in [6.07, 6.45) is 1.35. The van der Waals surface area contributed by atoms with E-state index in [2.05, 4.69) is 5.32 Å². The molecule has 0 unspecified atom stereocenters. The number of rotatable bonds is 5. The predicted octanol–water partition coefficient (Wildman–Crippen LogP) is 3.51. The molecule has 0 bridgehead atoms. The van der Waals surface area contributed by atoms with E-state index in [1.165, 1.54) is 31.2 Å². The molecule has 0 aliphatic heterocycles. The van der Waals surface area contributed by atoms with Crippen LogP contribution in [0.5, 0.6) is 0 Å². The minimum Gasteiger partial charge on any atom is -0.322 e. The van der Waals surface area contributed by atoms with Gasteiger partial charge in [-0.05, 0) is 37.6 Å². The van der Waals surface area contributed by atoms with Gasteiger partial charge in [-0.25, -0.2) is 0 Å². The highest BCUT2D eigenvalue weighted by Crippen LogP contribution is 2.17. The van der Waals surface area contributed by atoms with Crippen molar-refractivity contribution in [1.82, 2.24) is 0 Å². The molecule has 0 aliphatic carbocycles. The van der Waals surface area contributed by atoms with Crippen molar-refractivity contribution in [3.63, 3.8) is 0 Å². The highest BCUT2D eigenvalue weighted by molar-refractivity contribution is 6.25. The van der Waals surface area contributed by atoms with Gasteiger partial charge in [0.1, 0.15) is 0 Å². The van der Waals surface area contributed by atoms with E-state index in [4.69, 9.17) is 0 Å². The van der Waals surface area contributed by atoms with Gasteiger partial charge in [-0.3, -0.25) is 19.7 Å². The van der Waals surface area contributed by atoms with E-state index in [1.807, 2.05) is 19.1 Å². The molecule has 122 valence electrons. The van der Waals surface area contributed by atoms with Crippen molar-refractivity contribution >= 4 is 29.1 Å². The Morgan fingerprint density at radius 1 is 1.12 bits per heavy atom. The Morgan fingerprint density at radius 2 is 1.79 bits per heavy atom. The molecule has 2 aromatic carbocycles. The first kappa shape index (κ1) is 17.1. The van der Waals surface area contributed by atoms with E-state index in [0.29, 0.717) is 11.3 Å². The van der Waals surface area contributed by atoms with Crippen LogP contribution in [0.1, 0.15) is 18.1 Å². The molecular formula is C18H16N2O4. The summed E-state index contributed by atoms with van der Waals surface area (Å²) in [5.41, 5.74) is 1.85. The maximum atomic E-state index is 12.3. The molecule has 2 rings (SSSR count). The van der Waals surface area contributed by atoms with Crippen LogP contribution in [0.4, 0.5) is 11.4 Å². The molecule has 0 aromatic heterocycles. The van der Waals surface area contributed by atoms with Gasteiger partial charge in [-0.15, -0.1) is 0 Å². The second-order valence-electron chi connectivity index (χ2n) is 5.29. The minimum absolute atomic E-state index is 0.0731. The summed E-state index contributed by atoms with van der Waals surface area (Å²) in [7, 11) is 0. The zero-order valence-corrected chi connectivity index (χ0v) is 13.3. The van der Waals surface area contributed by atoms with Gasteiger partial charge in [0.15, 0.2) is 5.78 Å². The first-order chi connectivity index (χ1) is 11.4. The Bertz CT molecular complexity index is 823. The molecular weight excluding hydrogens is 308 g/mol. The van der Waals surface area contributed by atoms with Crippen LogP contribution >= 0.6 is 0 Å². The molecule has 0 radical (unpaired) electrons. The Labute approximate surface area is 139 Å². The van der Waals surface area contributed by atoms with Gasteiger partial charge in [0.25, 0.3) is 11.6 Å². The number of anilines is 1. The average molecular weight is 324 g/mol. The van der Waals surface area contributed by atoms with E-state index >= 15 is 0 Å². The lowest BCUT2D eigenvalue weighted by Gasteiger charge is -2.07. The number of hydrogen-bond donors (Lipinski definition) is 1. The van der Waals surface area contributed by atoms with Gasteiger partial charge < -0.3 is 5.32 Å². The molecule has 6 nitrogen and oxygen atoms in total. The zero-order chi connectivity index (χ0) is 17.7. The van der Waals surface area contributed by atoms with Gasteiger partial charge in [-0.2, -0.15) is 0 Å². The standard InChI is InChI=1S/C18H16N2O4/c1-12-6-8-15(9-7-12)19-18(22)17(13(2)21)11-14-4-3-5-16(10-14)20(23)24/h3-11H,1-2H3,(H,19,22). The van der Waals surface area contributed by atoms with E-state index in [-0.39, 0.29) is 11.3 Å². The van der Waals surface area contributed by atoms with Crippen LogP contribution in [0.25, 0.3) is 6.08 Å². The lowest BCUT2D eigenvalue weighted by atomic mass is 10.1. The van der Waals surface area contributed by atoms with Crippen molar-refractivity contribution < 1.29 is 14.5 Å². The van der Waals surface area contributed by atoms with Crippen molar-refractivity contribution in [3.8, 4) is 0 Å². The normalized spacial score (nSPS) is 11.0.